The number of aryl methyl sites for hydroxylation is 2. The standard InChI is InChI=1S/C15H20N2OS2/c1-4-10(2)16-14(18)8-7-13-15(17-11(3)20-13)12-6-5-9-19-12/h5-6,9-10H,4,7-8H2,1-3H3,(H,16,18)/t10-/m1/s1. The fraction of sp³-hybridized carbons (Fsp3) is 0.467. The van der Waals surface area contributed by atoms with E-state index in [0.29, 0.717) is 6.42 Å². The molecule has 0 unspecified atom stereocenters. The summed E-state index contributed by atoms with van der Waals surface area (Å²) in [5.41, 5.74) is 1.05. The Hall–Kier alpha value is -1.20. The van der Waals surface area contributed by atoms with Crippen LogP contribution in [0.1, 0.15) is 36.6 Å². The summed E-state index contributed by atoms with van der Waals surface area (Å²) in [6.45, 7) is 6.13. The van der Waals surface area contributed by atoms with Gasteiger partial charge in [-0.1, -0.05) is 13.0 Å². The molecule has 2 rings (SSSR count). The number of carbonyl (C=O) groups excluding carboxylic acids is 1. The van der Waals surface area contributed by atoms with Gasteiger partial charge in [-0.2, -0.15) is 0 Å². The van der Waals surface area contributed by atoms with Crippen molar-refractivity contribution in [2.75, 3.05) is 0 Å². The van der Waals surface area contributed by atoms with E-state index in [1.54, 1.807) is 22.7 Å². The van der Waals surface area contributed by atoms with Gasteiger partial charge in [0.2, 0.25) is 5.91 Å². The van der Waals surface area contributed by atoms with Crippen LogP contribution in [0.4, 0.5) is 0 Å². The second kappa shape index (κ2) is 6.99. The highest BCUT2D eigenvalue weighted by Gasteiger charge is 2.14. The summed E-state index contributed by atoms with van der Waals surface area (Å²) in [6, 6.07) is 4.37. The van der Waals surface area contributed by atoms with Crippen LogP contribution >= 0.6 is 22.7 Å². The van der Waals surface area contributed by atoms with Crippen LogP contribution in [-0.2, 0) is 11.2 Å². The molecule has 0 aromatic carbocycles. The largest absolute Gasteiger partial charge is 0.354 e. The number of nitrogens with zero attached hydrogens (tertiary/aromatic N) is 1. The van der Waals surface area contributed by atoms with E-state index in [9.17, 15) is 4.79 Å². The molecule has 0 fully saturated rings. The molecule has 2 aromatic rings. The van der Waals surface area contributed by atoms with Crippen LogP contribution in [0, 0.1) is 6.92 Å². The van der Waals surface area contributed by atoms with Crippen molar-refractivity contribution in [3.05, 3.63) is 27.4 Å². The highest BCUT2D eigenvalue weighted by atomic mass is 32.1. The molecule has 1 atom stereocenters. The number of hydrogen-bond donors (Lipinski definition) is 1. The van der Waals surface area contributed by atoms with Crippen molar-refractivity contribution < 1.29 is 4.79 Å². The minimum atomic E-state index is 0.127. The minimum absolute atomic E-state index is 0.127. The van der Waals surface area contributed by atoms with Gasteiger partial charge in [0, 0.05) is 17.3 Å². The van der Waals surface area contributed by atoms with Crippen LogP contribution < -0.4 is 5.32 Å². The zero-order chi connectivity index (χ0) is 14.5. The molecular weight excluding hydrogens is 288 g/mol. The maximum atomic E-state index is 11.9. The van der Waals surface area contributed by atoms with Crippen LogP contribution in [0.3, 0.4) is 0 Å². The number of thiophene rings is 1. The average molecular weight is 308 g/mol. The average Bonchev–Trinajstić information content (AvgIpc) is 3.05. The van der Waals surface area contributed by atoms with E-state index in [1.807, 2.05) is 19.9 Å². The number of hydrogen-bond acceptors (Lipinski definition) is 4. The second-order valence-electron chi connectivity index (χ2n) is 4.86. The quantitative estimate of drug-likeness (QED) is 0.875. The highest BCUT2D eigenvalue weighted by Crippen LogP contribution is 2.31. The van der Waals surface area contributed by atoms with Gasteiger partial charge in [-0.3, -0.25) is 4.79 Å². The minimum Gasteiger partial charge on any atom is -0.354 e. The molecule has 1 amide bonds. The van der Waals surface area contributed by atoms with Crippen molar-refractivity contribution in [3.8, 4) is 10.6 Å². The summed E-state index contributed by atoms with van der Waals surface area (Å²) in [5.74, 6) is 0.127. The molecule has 108 valence electrons. The summed E-state index contributed by atoms with van der Waals surface area (Å²) < 4.78 is 0. The van der Waals surface area contributed by atoms with Gasteiger partial charge in [-0.25, -0.2) is 4.98 Å². The van der Waals surface area contributed by atoms with Gasteiger partial charge >= 0.3 is 0 Å². The summed E-state index contributed by atoms with van der Waals surface area (Å²) >= 11 is 3.39. The topological polar surface area (TPSA) is 42.0 Å². The molecule has 1 N–H and O–H groups in total. The summed E-state index contributed by atoms with van der Waals surface area (Å²) in [7, 11) is 0. The Bertz CT molecular complexity index is 560. The van der Waals surface area contributed by atoms with E-state index in [4.69, 9.17) is 0 Å². The summed E-state index contributed by atoms with van der Waals surface area (Å²) in [4.78, 5) is 18.9. The molecule has 5 heteroatoms. The predicted octanol–water partition coefficient (Wildman–Crippen LogP) is 4.03. The Labute approximate surface area is 128 Å². The second-order valence-corrected chi connectivity index (χ2v) is 7.09. The maximum absolute atomic E-state index is 11.9. The third-order valence-corrected chi connectivity index (χ3v) is 5.06. The van der Waals surface area contributed by atoms with Crippen LogP contribution in [-0.4, -0.2) is 16.9 Å². The number of carbonyl (C=O) groups is 1. The first-order valence-electron chi connectivity index (χ1n) is 6.89. The number of thiazole rings is 1. The first kappa shape index (κ1) is 15.2. The lowest BCUT2D eigenvalue weighted by Gasteiger charge is -2.10. The molecule has 0 spiro atoms. The Morgan fingerprint density at radius 3 is 2.95 bits per heavy atom. The van der Waals surface area contributed by atoms with Crippen LogP contribution in [0.2, 0.25) is 0 Å². The first-order valence-corrected chi connectivity index (χ1v) is 8.59. The zero-order valence-electron chi connectivity index (χ0n) is 12.1. The molecule has 2 heterocycles. The molecule has 0 radical (unpaired) electrons. The van der Waals surface area contributed by atoms with Crippen molar-refractivity contribution in [2.24, 2.45) is 0 Å². The van der Waals surface area contributed by atoms with E-state index >= 15 is 0 Å². The van der Waals surface area contributed by atoms with Crippen LogP contribution in [0.5, 0.6) is 0 Å². The van der Waals surface area contributed by atoms with Crippen molar-refractivity contribution >= 4 is 28.6 Å². The molecule has 0 bridgehead atoms. The lowest BCUT2D eigenvalue weighted by Crippen LogP contribution is -2.31. The number of aromatic nitrogens is 1. The Morgan fingerprint density at radius 1 is 1.50 bits per heavy atom. The molecule has 2 aromatic heterocycles. The molecule has 3 nitrogen and oxygen atoms in total. The van der Waals surface area contributed by atoms with E-state index in [2.05, 4.69) is 28.7 Å². The van der Waals surface area contributed by atoms with Crippen molar-refractivity contribution in [2.45, 2.75) is 46.1 Å². The fourth-order valence-corrected chi connectivity index (χ4v) is 3.68. The smallest absolute Gasteiger partial charge is 0.220 e. The number of nitrogens with one attached hydrogen (secondary N) is 1. The lowest BCUT2D eigenvalue weighted by molar-refractivity contribution is -0.121. The molecule has 0 saturated heterocycles. The van der Waals surface area contributed by atoms with E-state index in [0.717, 1.165) is 23.5 Å². The monoisotopic (exact) mass is 308 g/mol. The van der Waals surface area contributed by atoms with Gasteiger partial charge in [0.05, 0.1) is 15.6 Å². The van der Waals surface area contributed by atoms with E-state index in [1.165, 1.54) is 9.75 Å². The zero-order valence-corrected chi connectivity index (χ0v) is 13.7. The first-order chi connectivity index (χ1) is 9.60. The van der Waals surface area contributed by atoms with E-state index < -0.39 is 0 Å². The summed E-state index contributed by atoms with van der Waals surface area (Å²) in [5, 5.41) is 6.13. The highest BCUT2D eigenvalue weighted by molar-refractivity contribution is 7.15. The van der Waals surface area contributed by atoms with Gasteiger partial charge in [0.15, 0.2) is 0 Å². The van der Waals surface area contributed by atoms with Gasteiger partial charge in [-0.15, -0.1) is 22.7 Å². The molecule has 0 saturated carbocycles. The van der Waals surface area contributed by atoms with E-state index in [-0.39, 0.29) is 11.9 Å². The molecule has 20 heavy (non-hydrogen) atoms. The molecule has 0 aliphatic carbocycles. The SMILES string of the molecule is CC[C@@H](C)NC(=O)CCc1sc(C)nc1-c1cccs1. The predicted molar refractivity (Wildman–Crippen MR) is 86.4 cm³/mol. The summed E-state index contributed by atoms with van der Waals surface area (Å²) in [6.07, 6.45) is 2.26. The van der Waals surface area contributed by atoms with Crippen molar-refractivity contribution in [1.29, 1.82) is 0 Å². The van der Waals surface area contributed by atoms with Gasteiger partial charge < -0.3 is 5.32 Å². The van der Waals surface area contributed by atoms with Crippen molar-refractivity contribution in [1.82, 2.24) is 10.3 Å². The third-order valence-electron chi connectivity index (χ3n) is 3.16. The molecule has 0 aliphatic heterocycles. The van der Waals surface area contributed by atoms with Crippen molar-refractivity contribution in [3.63, 3.8) is 0 Å². The number of amides is 1. The molecular formula is C15H20N2OS2. The van der Waals surface area contributed by atoms with Crippen LogP contribution in [0.15, 0.2) is 17.5 Å². The van der Waals surface area contributed by atoms with Gasteiger partial charge in [0.25, 0.3) is 0 Å². The molecule has 0 aliphatic rings. The Morgan fingerprint density at radius 2 is 2.30 bits per heavy atom. The van der Waals surface area contributed by atoms with Crippen LogP contribution in [0.25, 0.3) is 10.6 Å². The third kappa shape index (κ3) is 3.90. The normalized spacial score (nSPS) is 12.3. The maximum Gasteiger partial charge on any atom is 0.220 e. The van der Waals surface area contributed by atoms with Gasteiger partial charge in [-0.05, 0) is 38.1 Å². The lowest BCUT2D eigenvalue weighted by atomic mass is 10.2. The van der Waals surface area contributed by atoms with Gasteiger partial charge in [0.1, 0.15) is 0 Å². The fourth-order valence-electron chi connectivity index (χ4n) is 1.92. The Kier molecular flexibility index (Phi) is 5.31. The Balaban J connectivity index is 2.02. The number of rotatable bonds is 6.